The van der Waals surface area contributed by atoms with E-state index in [4.69, 9.17) is 10.5 Å². The first-order chi connectivity index (χ1) is 9.60. The lowest BCUT2D eigenvalue weighted by molar-refractivity contribution is 0.0930. The summed E-state index contributed by atoms with van der Waals surface area (Å²) in [5.41, 5.74) is 6.87. The molecule has 0 bridgehead atoms. The van der Waals surface area contributed by atoms with Gasteiger partial charge in [0.05, 0.1) is 12.7 Å². The number of nitrogens with one attached hydrogen (secondary N) is 1. The fourth-order valence-corrected chi connectivity index (χ4v) is 2.79. The monoisotopic (exact) mass is 276 g/mol. The third-order valence-corrected chi connectivity index (χ3v) is 4.06. The zero-order valence-electron chi connectivity index (χ0n) is 12.3. The van der Waals surface area contributed by atoms with Crippen molar-refractivity contribution in [2.45, 2.75) is 45.1 Å². The quantitative estimate of drug-likeness (QED) is 0.659. The Labute approximate surface area is 120 Å². The molecule has 20 heavy (non-hydrogen) atoms. The second-order valence-electron chi connectivity index (χ2n) is 5.74. The Morgan fingerprint density at radius 3 is 2.85 bits per heavy atom. The first-order valence-corrected chi connectivity index (χ1v) is 7.34. The predicted molar refractivity (Wildman–Crippen MR) is 80.9 cm³/mol. The van der Waals surface area contributed by atoms with Crippen LogP contribution < -0.4 is 15.8 Å². The second kappa shape index (κ2) is 6.64. The summed E-state index contributed by atoms with van der Waals surface area (Å²) in [5.74, 6) is 1.23. The van der Waals surface area contributed by atoms with Gasteiger partial charge in [0.1, 0.15) is 5.75 Å². The Morgan fingerprint density at radius 1 is 1.30 bits per heavy atom. The molecule has 1 aliphatic carbocycles. The maximum atomic E-state index is 12.4. The van der Waals surface area contributed by atoms with Gasteiger partial charge in [0.2, 0.25) is 0 Å². The maximum Gasteiger partial charge on any atom is 0.255 e. The van der Waals surface area contributed by atoms with Crippen molar-refractivity contribution in [1.82, 2.24) is 5.32 Å². The zero-order valence-corrected chi connectivity index (χ0v) is 12.3. The Bertz CT molecular complexity index is 474. The summed E-state index contributed by atoms with van der Waals surface area (Å²) in [4.78, 5) is 12.4. The van der Waals surface area contributed by atoms with Gasteiger partial charge < -0.3 is 15.8 Å². The minimum absolute atomic E-state index is 0.0681. The summed E-state index contributed by atoms with van der Waals surface area (Å²) < 4.78 is 5.24. The fourth-order valence-electron chi connectivity index (χ4n) is 2.79. The highest BCUT2D eigenvalue weighted by Crippen LogP contribution is 2.25. The minimum atomic E-state index is -0.0681. The minimum Gasteiger partial charge on any atom is -0.496 e. The van der Waals surface area contributed by atoms with E-state index in [1.54, 1.807) is 25.3 Å². The molecule has 0 saturated heterocycles. The second-order valence-corrected chi connectivity index (χ2v) is 5.74. The number of nitrogen functional groups attached to an aromatic ring is 1. The van der Waals surface area contributed by atoms with Gasteiger partial charge in [-0.3, -0.25) is 4.79 Å². The SMILES string of the molecule is COc1cc(N)ccc1C(=O)NC1CCCC(C)CC1. The molecule has 0 aliphatic heterocycles. The molecule has 2 rings (SSSR count). The molecule has 0 heterocycles. The Hall–Kier alpha value is -1.71. The van der Waals surface area contributed by atoms with Crippen molar-refractivity contribution < 1.29 is 9.53 Å². The normalized spacial score (nSPS) is 22.9. The van der Waals surface area contributed by atoms with Gasteiger partial charge in [-0.05, 0) is 37.3 Å². The molecule has 1 aromatic carbocycles. The predicted octanol–water partition coefficient (Wildman–Crippen LogP) is 2.98. The molecule has 1 aromatic rings. The molecule has 3 N–H and O–H groups in total. The van der Waals surface area contributed by atoms with E-state index in [0.717, 1.165) is 18.8 Å². The molecule has 1 saturated carbocycles. The van der Waals surface area contributed by atoms with Crippen molar-refractivity contribution >= 4 is 11.6 Å². The number of amides is 1. The van der Waals surface area contributed by atoms with Crippen LogP contribution in [-0.2, 0) is 0 Å². The van der Waals surface area contributed by atoms with Crippen molar-refractivity contribution in [3.05, 3.63) is 23.8 Å². The highest BCUT2D eigenvalue weighted by molar-refractivity contribution is 5.97. The lowest BCUT2D eigenvalue weighted by Crippen LogP contribution is -2.34. The molecule has 1 fully saturated rings. The van der Waals surface area contributed by atoms with Gasteiger partial charge in [-0.15, -0.1) is 0 Å². The number of nitrogens with two attached hydrogens (primary N) is 1. The van der Waals surface area contributed by atoms with Crippen molar-refractivity contribution in [2.24, 2.45) is 5.92 Å². The van der Waals surface area contributed by atoms with E-state index in [1.165, 1.54) is 19.3 Å². The lowest BCUT2D eigenvalue weighted by Gasteiger charge is -2.17. The van der Waals surface area contributed by atoms with Crippen LogP contribution in [0.5, 0.6) is 5.75 Å². The van der Waals surface area contributed by atoms with Crippen LogP contribution in [-0.4, -0.2) is 19.1 Å². The molecule has 1 amide bonds. The van der Waals surface area contributed by atoms with Crippen molar-refractivity contribution in [3.8, 4) is 5.75 Å². The first-order valence-electron chi connectivity index (χ1n) is 7.34. The molecular weight excluding hydrogens is 252 g/mol. The van der Waals surface area contributed by atoms with Crippen molar-refractivity contribution in [3.63, 3.8) is 0 Å². The van der Waals surface area contributed by atoms with E-state index in [2.05, 4.69) is 12.2 Å². The number of anilines is 1. The van der Waals surface area contributed by atoms with Crippen LogP contribution in [0.1, 0.15) is 49.4 Å². The van der Waals surface area contributed by atoms with Gasteiger partial charge >= 0.3 is 0 Å². The molecule has 1 aliphatic rings. The number of ether oxygens (including phenoxy) is 1. The average Bonchev–Trinajstić information content (AvgIpc) is 2.63. The molecule has 0 aromatic heterocycles. The lowest BCUT2D eigenvalue weighted by atomic mass is 10.0. The average molecular weight is 276 g/mol. The van der Waals surface area contributed by atoms with E-state index in [0.29, 0.717) is 17.0 Å². The summed E-state index contributed by atoms with van der Waals surface area (Å²) in [6.45, 7) is 2.28. The number of hydrogen-bond donors (Lipinski definition) is 2. The van der Waals surface area contributed by atoms with Crippen LogP contribution in [0, 0.1) is 5.92 Å². The standard InChI is InChI=1S/C16H24N2O2/c1-11-4-3-5-13(8-6-11)18-16(19)14-9-7-12(17)10-15(14)20-2/h7,9-11,13H,3-6,8,17H2,1-2H3,(H,18,19). The van der Waals surface area contributed by atoms with E-state index in [1.807, 2.05) is 0 Å². The summed E-state index contributed by atoms with van der Waals surface area (Å²) in [6, 6.07) is 5.41. The molecule has 4 nitrogen and oxygen atoms in total. The van der Waals surface area contributed by atoms with Gasteiger partial charge in [-0.2, -0.15) is 0 Å². The Morgan fingerprint density at radius 2 is 2.10 bits per heavy atom. The molecule has 0 radical (unpaired) electrons. The van der Waals surface area contributed by atoms with Gasteiger partial charge in [-0.1, -0.05) is 19.8 Å². The van der Waals surface area contributed by atoms with E-state index < -0.39 is 0 Å². The molecular formula is C16H24N2O2. The highest BCUT2D eigenvalue weighted by Gasteiger charge is 2.20. The molecule has 0 spiro atoms. The summed E-state index contributed by atoms with van der Waals surface area (Å²) in [6.07, 6.45) is 5.75. The number of hydrogen-bond acceptors (Lipinski definition) is 3. The number of benzene rings is 1. The number of rotatable bonds is 3. The van der Waals surface area contributed by atoms with Crippen LogP contribution in [0.3, 0.4) is 0 Å². The van der Waals surface area contributed by atoms with Gasteiger partial charge in [0.25, 0.3) is 5.91 Å². The van der Waals surface area contributed by atoms with Crippen LogP contribution in [0.2, 0.25) is 0 Å². The summed E-state index contributed by atoms with van der Waals surface area (Å²) in [5, 5.41) is 3.13. The van der Waals surface area contributed by atoms with Crippen molar-refractivity contribution in [2.75, 3.05) is 12.8 Å². The van der Waals surface area contributed by atoms with Gasteiger partial charge in [0.15, 0.2) is 0 Å². The largest absolute Gasteiger partial charge is 0.496 e. The Kier molecular flexibility index (Phi) is 4.88. The number of carbonyl (C=O) groups excluding carboxylic acids is 1. The van der Waals surface area contributed by atoms with Gasteiger partial charge in [-0.25, -0.2) is 0 Å². The van der Waals surface area contributed by atoms with Crippen LogP contribution in [0.4, 0.5) is 5.69 Å². The third-order valence-electron chi connectivity index (χ3n) is 4.06. The topological polar surface area (TPSA) is 64.3 Å². The van der Waals surface area contributed by atoms with Crippen LogP contribution in [0.15, 0.2) is 18.2 Å². The van der Waals surface area contributed by atoms with Crippen LogP contribution in [0.25, 0.3) is 0 Å². The zero-order chi connectivity index (χ0) is 14.5. The van der Waals surface area contributed by atoms with Crippen LogP contribution >= 0.6 is 0 Å². The van der Waals surface area contributed by atoms with E-state index in [9.17, 15) is 4.79 Å². The third kappa shape index (κ3) is 3.65. The van der Waals surface area contributed by atoms with E-state index in [-0.39, 0.29) is 11.9 Å². The van der Waals surface area contributed by atoms with E-state index >= 15 is 0 Å². The molecule has 110 valence electrons. The summed E-state index contributed by atoms with van der Waals surface area (Å²) >= 11 is 0. The summed E-state index contributed by atoms with van der Waals surface area (Å²) in [7, 11) is 1.55. The van der Waals surface area contributed by atoms with Gasteiger partial charge in [0, 0.05) is 17.8 Å². The Balaban J connectivity index is 2.04. The number of methoxy groups -OCH3 is 1. The number of carbonyl (C=O) groups is 1. The molecule has 2 atom stereocenters. The maximum absolute atomic E-state index is 12.4. The fraction of sp³-hybridized carbons (Fsp3) is 0.562. The van der Waals surface area contributed by atoms with Crippen molar-refractivity contribution in [1.29, 1.82) is 0 Å². The molecule has 2 unspecified atom stereocenters. The molecule has 4 heteroatoms. The highest BCUT2D eigenvalue weighted by atomic mass is 16.5. The smallest absolute Gasteiger partial charge is 0.255 e. The first kappa shape index (κ1) is 14.7.